The highest BCUT2D eigenvalue weighted by Crippen LogP contribution is 2.25. The number of furan rings is 1. The molecule has 0 bridgehead atoms. The molecule has 24 heavy (non-hydrogen) atoms. The highest BCUT2D eigenvalue weighted by Gasteiger charge is 2.37. The van der Waals surface area contributed by atoms with Gasteiger partial charge in [0.1, 0.15) is 11.3 Å². The van der Waals surface area contributed by atoms with Crippen molar-refractivity contribution < 1.29 is 18.8 Å². The second kappa shape index (κ2) is 6.09. The second-order valence-electron chi connectivity index (χ2n) is 5.37. The van der Waals surface area contributed by atoms with E-state index in [-0.39, 0.29) is 5.57 Å². The number of carbonyl (C=O) groups excluding carboxylic acids is 3. The minimum Gasteiger partial charge on any atom is -0.450 e. The molecular formula is C17H13BrN2O4. The zero-order chi connectivity index (χ0) is 17.4. The molecule has 0 aliphatic carbocycles. The Kier molecular flexibility index (Phi) is 4.11. The van der Waals surface area contributed by atoms with Crippen LogP contribution in [0.1, 0.15) is 16.9 Å². The first-order valence-corrected chi connectivity index (χ1v) is 7.90. The number of urea groups is 1. The fraction of sp³-hybridized carbons (Fsp3) is 0.118. The molecule has 0 unspecified atom stereocenters. The van der Waals surface area contributed by atoms with Crippen LogP contribution >= 0.6 is 15.9 Å². The molecule has 7 heteroatoms. The van der Waals surface area contributed by atoms with Crippen LogP contribution < -0.4 is 10.2 Å². The Balaban J connectivity index is 2.02. The van der Waals surface area contributed by atoms with Crippen molar-refractivity contribution in [2.75, 3.05) is 4.90 Å². The van der Waals surface area contributed by atoms with E-state index in [4.69, 9.17) is 4.42 Å². The predicted octanol–water partition coefficient (Wildman–Crippen LogP) is 3.33. The minimum absolute atomic E-state index is 0.172. The van der Waals surface area contributed by atoms with Gasteiger partial charge in [-0.1, -0.05) is 6.07 Å². The first-order valence-electron chi connectivity index (χ1n) is 7.11. The van der Waals surface area contributed by atoms with Crippen molar-refractivity contribution in [3.63, 3.8) is 0 Å². The Morgan fingerprint density at radius 2 is 1.83 bits per heavy atom. The average molecular weight is 389 g/mol. The molecule has 6 nitrogen and oxygen atoms in total. The van der Waals surface area contributed by atoms with Crippen molar-refractivity contribution in [1.29, 1.82) is 0 Å². The molecule has 1 N–H and O–H groups in total. The van der Waals surface area contributed by atoms with Gasteiger partial charge in [0.25, 0.3) is 11.8 Å². The van der Waals surface area contributed by atoms with Crippen LogP contribution in [0.2, 0.25) is 0 Å². The van der Waals surface area contributed by atoms with Gasteiger partial charge in [-0.3, -0.25) is 14.9 Å². The second-order valence-corrected chi connectivity index (χ2v) is 6.15. The summed E-state index contributed by atoms with van der Waals surface area (Å²) in [5.74, 6) is -1.12. The lowest BCUT2D eigenvalue weighted by molar-refractivity contribution is -0.122. The molecule has 1 aromatic carbocycles. The fourth-order valence-electron chi connectivity index (χ4n) is 2.30. The number of hydrogen-bond acceptors (Lipinski definition) is 4. The highest BCUT2D eigenvalue weighted by atomic mass is 79.9. The number of amides is 4. The van der Waals surface area contributed by atoms with E-state index in [1.807, 2.05) is 19.9 Å². The van der Waals surface area contributed by atoms with E-state index in [1.54, 1.807) is 24.3 Å². The molecule has 2 heterocycles. The topological polar surface area (TPSA) is 79.6 Å². The van der Waals surface area contributed by atoms with Gasteiger partial charge in [-0.05, 0) is 71.2 Å². The fourth-order valence-corrected chi connectivity index (χ4v) is 2.62. The molecule has 0 saturated carbocycles. The van der Waals surface area contributed by atoms with Gasteiger partial charge in [0.05, 0.1) is 5.69 Å². The molecule has 1 fully saturated rings. The Labute approximate surface area is 146 Å². The number of halogens is 1. The zero-order valence-corrected chi connectivity index (χ0v) is 14.5. The first kappa shape index (κ1) is 16.2. The van der Waals surface area contributed by atoms with Gasteiger partial charge >= 0.3 is 6.03 Å². The third-order valence-electron chi connectivity index (χ3n) is 3.73. The summed E-state index contributed by atoms with van der Waals surface area (Å²) in [6.07, 6.45) is 1.31. The maximum absolute atomic E-state index is 12.7. The number of aryl methyl sites for hydroxylation is 2. The number of imide groups is 2. The quantitative estimate of drug-likeness (QED) is 0.631. The van der Waals surface area contributed by atoms with Gasteiger partial charge in [-0.15, -0.1) is 0 Å². The van der Waals surface area contributed by atoms with E-state index in [9.17, 15) is 14.4 Å². The van der Waals surface area contributed by atoms with Crippen LogP contribution in [0.25, 0.3) is 6.08 Å². The number of carbonyl (C=O) groups is 3. The molecule has 122 valence electrons. The summed E-state index contributed by atoms with van der Waals surface area (Å²) in [4.78, 5) is 37.8. The number of hydrogen-bond donors (Lipinski definition) is 1. The molecule has 1 saturated heterocycles. The highest BCUT2D eigenvalue weighted by molar-refractivity contribution is 9.10. The lowest BCUT2D eigenvalue weighted by Gasteiger charge is -2.26. The van der Waals surface area contributed by atoms with E-state index in [1.165, 1.54) is 6.08 Å². The van der Waals surface area contributed by atoms with Crippen LogP contribution in [-0.4, -0.2) is 17.8 Å². The maximum atomic E-state index is 12.7. The molecule has 0 spiro atoms. The Bertz CT molecular complexity index is 898. The van der Waals surface area contributed by atoms with E-state index in [0.29, 0.717) is 16.1 Å². The average Bonchev–Trinajstić information content (AvgIpc) is 2.92. The normalized spacial score (nSPS) is 16.7. The van der Waals surface area contributed by atoms with Crippen molar-refractivity contribution in [2.45, 2.75) is 13.8 Å². The third-order valence-corrected chi connectivity index (χ3v) is 4.16. The predicted molar refractivity (Wildman–Crippen MR) is 91.3 cm³/mol. The molecule has 1 aliphatic heterocycles. The van der Waals surface area contributed by atoms with E-state index < -0.39 is 17.8 Å². The Morgan fingerprint density at radius 1 is 1.08 bits per heavy atom. The third kappa shape index (κ3) is 2.90. The zero-order valence-electron chi connectivity index (χ0n) is 12.9. The van der Waals surface area contributed by atoms with Crippen molar-refractivity contribution in [3.8, 4) is 0 Å². The molecule has 0 atom stereocenters. The van der Waals surface area contributed by atoms with Crippen LogP contribution in [0.4, 0.5) is 10.5 Å². The Hall–Kier alpha value is -2.67. The monoisotopic (exact) mass is 388 g/mol. The van der Waals surface area contributed by atoms with Crippen molar-refractivity contribution in [2.24, 2.45) is 0 Å². The largest absolute Gasteiger partial charge is 0.450 e. The van der Waals surface area contributed by atoms with Crippen LogP contribution in [0.15, 0.2) is 45.0 Å². The van der Waals surface area contributed by atoms with Gasteiger partial charge in [0, 0.05) is 0 Å². The van der Waals surface area contributed by atoms with Crippen molar-refractivity contribution in [3.05, 3.63) is 57.5 Å². The number of nitrogens with zero attached hydrogens (tertiary/aromatic N) is 1. The van der Waals surface area contributed by atoms with Crippen molar-refractivity contribution >= 4 is 45.5 Å². The van der Waals surface area contributed by atoms with E-state index in [2.05, 4.69) is 21.2 Å². The lowest BCUT2D eigenvalue weighted by Crippen LogP contribution is -2.54. The number of rotatable bonds is 2. The number of barbiturate groups is 1. The van der Waals surface area contributed by atoms with Gasteiger partial charge in [-0.25, -0.2) is 9.69 Å². The summed E-state index contributed by atoms with van der Waals surface area (Å²) in [5.41, 5.74) is 2.20. The molecule has 1 aliphatic rings. The van der Waals surface area contributed by atoms with Gasteiger partial charge in [0.15, 0.2) is 4.67 Å². The van der Waals surface area contributed by atoms with Crippen LogP contribution in [0.5, 0.6) is 0 Å². The SMILES string of the molecule is Cc1ccc(N2C(=O)NC(=O)/C(=C\c3ccc(Br)o3)C2=O)cc1C. The molecular weight excluding hydrogens is 376 g/mol. The summed E-state index contributed by atoms with van der Waals surface area (Å²) in [6, 6.07) is 7.68. The van der Waals surface area contributed by atoms with E-state index in [0.717, 1.165) is 16.0 Å². The molecule has 4 amide bonds. The molecule has 2 aromatic rings. The Morgan fingerprint density at radius 3 is 2.46 bits per heavy atom. The summed E-state index contributed by atoms with van der Waals surface area (Å²) in [6.45, 7) is 3.81. The number of benzene rings is 1. The van der Waals surface area contributed by atoms with Crippen LogP contribution in [-0.2, 0) is 9.59 Å². The summed E-state index contributed by atoms with van der Waals surface area (Å²) < 4.78 is 5.76. The van der Waals surface area contributed by atoms with E-state index >= 15 is 0 Å². The molecule has 3 rings (SSSR count). The van der Waals surface area contributed by atoms with Gasteiger partial charge < -0.3 is 4.42 Å². The summed E-state index contributed by atoms with van der Waals surface area (Å²) >= 11 is 3.15. The standard InChI is InChI=1S/C17H13BrN2O4/c1-9-3-4-11(7-10(9)2)20-16(22)13(15(21)19-17(20)23)8-12-5-6-14(18)24-12/h3-8H,1-2H3,(H,19,21,23)/b13-8+. The first-order chi connectivity index (χ1) is 11.4. The van der Waals surface area contributed by atoms with Gasteiger partial charge in [-0.2, -0.15) is 0 Å². The lowest BCUT2D eigenvalue weighted by atomic mass is 10.1. The van der Waals surface area contributed by atoms with Gasteiger partial charge in [0.2, 0.25) is 0 Å². The minimum atomic E-state index is -0.772. The molecule has 1 aromatic heterocycles. The number of anilines is 1. The van der Waals surface area contributed by atoms with Crippen LogP contribution in [0.3, 0.4) is 0 Å². The smallest absolute Gasteiger partial charge is 0.335 e. The van der Waals surface area contributed by atoms with Crippen molar-refractivity contribution in [1.82, 2.24) is 5.32 Å². The summed E-state index contributed by atoms with van der Waals surface area (Å²) in [5, 5.41) is 2.18. The van der Waals surface area contributed by atoms with Crippen LogP contribution in [0, 0.1) is 13.8 Å². The maximum Gasteiger partial charge on any atom is 0.335 e. The number of nitrogens with one attached hydrogen (secondary N) is 1. The summed E-state index contributed by atoms with van der Waals surface area (Å²) in [7, 11) is 0. The molecule has 0 radical (unpaired) electrons.